The first-order chi connectivity index (χ1) is 11.9. The predicted molar refractivity (Wildman–Crippen MR) is 96.4 cm³/mol. The van der Waals surface area contributed by atoms with Crippen LogP contribution in [-0.4, -0.2) is 66.4 Å². The largest absolute Gasteiger partial charge is 0.356 e. The lowest BCUT2D eigenvalue weighted by molar-refractivity contribution is 0.0702. The highest BCUT2D eigenvalue weighted by atomic mass is 32.2. The van der Waals surface area contributed by atoms with Crippen molar-refractivity contribution in [3.8, 4) is 0 Å². The smallest absolute Gasteiger partial charge is 0.272 e. The molecule has 2 aliphatic rings. The number of piperidine rings is 1. The van der Waals surface area contributed by atoms with E-state index >= 15 is 0 Å². The number of nitrogens with zero attached hydrogens (tertiary/aromatic N) is 4. The van der Waals surface area contributed by atoms with Crippen molar-refractivity contribution >= 4 is 21.6 Å². The molecule has 0 aliphatic carbocycles. The number of carbonyl (C=O) groups is 1. The quantitative estimate of drug-likeness (QED) is 0.800. The topological polar surface area (TPSA) is 83.5 Å². The van der Waals surface area contributed by atoms with Crippen LogP contribution in [0.2, 0.25) is 0 Å². The third-order valence-corrected chi connectivity index (χ3v) is 6.85. The van der Waals surface area contributed by atoms with Gasteiger partial charge in [-0.05, 0) is 32.1 Å². The summed E-state index contributed by atoms with van der Waals surface area (Å²) in [5, 5.41) is 0. The summed E-state index contributed by atoms with van der Waals surface area (Å²) in [6.45, 7) is 6.44. The van der Waals surface area contributed by atoms with Gasteiger partial charge < -0.3 is 9.80 Å². The van der Waals surface area contributed by atoms with Gasteiger partial charge in [0.2, 0.25) is 0 Å². The summed E-state index contributed by atoms with van der Waals surface area (Å²) >= 11 is 0. The fourth-order valence-corrected chi connectivity index (χ4v) is 5.50. The lowest BCUT2D eigenvalue weighted by atomic mass is 10.0. The fraction of sp³-hybridized carbons (Fsp3) is 0.706. The second kappa shape index (κ2) is 7.27. The highest BCUT2D eigenvalue weighted by Gasteiger charge is 2.34. The van der Waals surface area contributed by atoms with E-state index in [2.05, 4.69) is 21.8 Å². The molecule has 2 aliphatic heterocycles. The normalized spacial score (nSPS) is 25.8. The van der Waals surface area contributed by atoms with Crippen LogP contribution in [0.3, 0.4) is 0 Å². The van der Waals surface area contributed by atoms with Crippen LogP contribution in [0.15, 0.2) is 12.4 Å². The maximum absolute atomic E-state index is 12.9. The lowest BCUT2D eigenvalue weighted by Crippen LogP contribution is -2.41. The number of anilines is 1. The molecule has 7 nitrogen and oxygen atoms in total. The second-order valence-corrected chi connectivity index (χ2v) is 9.33. The van der Waals surface area contributed by atoms with Gasteiger partial charge in [0, 0.05) is 31.7 Å². The molecule has 8 heteroatoms. The maximum atomic E-state index is 12.9. The van der Waals surface area contributed by atoms with E-state index in [9.17, 15) is 13.2 Å². The Labute approximate surface area is 149 Å². The van der Waals surface area contributed by atoms with Gasteiger partial charge in [-0.15, -0.1) is 0 Å². The van der Waals surface area contributed by atoms with Crippen molar-refractivity contribution in [1.82, 2.24) is 14.9 Å². The highest BCUT2D eigenvalue weighted by molar-refractivity contribution is 7.91. The van der Waals surface area contributed by atoms with Crippen molar-refractivity contribution in [2.75, 3.05) is 36.0 Å². The summed E-state index contributed by atoms with van der Waals surface area (Å²) in [5.41, 5.74) is 0.342. The standard InChI is InChI=1S/C17H26N4O3S/c1-3-21(14-6-8-25(23,24)11-14)17(22)15-9-16(19-12-18-15)20-7-4-5-13(2)10-20/h9,12-14H,3-8,10-11H2,1-2H3. The van der Waals surface area contributed by atoms with E-state index in [1.54, 1.807) is 11.0 Å². The van der Waals surface area contributed by atoms with Gasteiger partial charge in [0.05, 0.1) is 11.5 Å². The monoisotopic (exact) mass is 366 g/mol. The van der Waals surface area contributed by atoms with Crippen LogP contribution < -0.4 is 4.90 Å². The summed E-state index contributed by atoms with van der Waals surface area (Å²) in [5.74, 6) is 1.38. The molecule has 2 saturated heterocycles. The number of sulfone groups is 1. The van der Waals surface area contributed by atoms with Crippen LogP contribution in [0.4, 0.5) is 5.82 Å². The molecule has 1 aromatic rings. The van der Waals surface area contributed by atoms with Gasteiger partial charge in [-0.1, -0.05) is 6.92 Å². The molecule has 138 valence electrons. The Bertz CT molecular complexity index is 737. The molecular formula is C17H26N4O3S. The van der Waals surface area contributed by atoms with Gasteiger partial charge in [0.15, 0.2) is 9.84 Å². The molecule has 0 aromatic carbocycles. The second-order valence-electron chi connectivity index (χ2n) is 7.10. The van der Waals surface area contributed by atoms with Crippen molar-refractivity contribution in [1.29, 1.82) is 0 Å². The Morgan fingerprint density at radius 2 is 2.16 bits per heavy atom. The first-order valence-electron chi connectivity index (χ1n) is 8.98. The predicted octanol–water partition coefficient (Wildman–Crippen LogP) is 1.36. The molecule has 0 spiro atoms. The molecule has 2 unspecified atom stereocenters. The molecule has 3 heterocycles. The van der Waals surface area contributed by atoms with E-state index in [0.29, 0.717) is 24.6 Å². The van der Waals surface area contributed by atoms with Crippen molar-refractivity contribution in [2.24, 2.45) is 5.92 Å². The molecule has 0 N–H and O–H groups in total. The minimum Gasteiger partial charge on any atom is -0.356 e. The Balaban J connectivity index is 1.78. The van der Waals surface area contributed by atoms with E-state index in [0.717, 1.165) is 25.3 Å². The molecule has 0 bridgehead atoms. The van der Waals surface area contributed by atoms with Gasteiger partial charge in [-0.2, -0.15) is 0 Å². The molecule has 2 fully saturated rings. The summed E-state index contributed by atoms with van der Waals surface area (Å²) in [6.07, 6.45) is 4.27. The molecule has 3 rings (SSSR count). The van der Waals surface area contributed by atoms with Crippen LogP contribution >= 0.6 is 0 Å². The minimum atomic E-state index is -3.03. The van der Waals surface area contributed by atoms with Crippen molar-refractivity contribution < 1.29 is 13.2 Å². The zero-order chi connectivity index (χ0) is 18.0. The molecule has 1 aromatic heterocycles. The van der Waals surface area contributed by atoms with Gasteiger partial charge in [0.25, 0.3) is 5.91 Å². The molecule has 2 atom stereocenters. The number of hydrogen-bond donors (Lipinski definition) is 0. The third-order valence-electron chi connectivity index (χ3n) is 5.10. The first-order valence-corrected chi connectivity index (χ1v) is 10.8. The van der Waals surface area contributed by atoms with Crippen LogP contribution in [0, 0.1) is 5.92 Å². The summed E-state index contributed by atoms with van der Waals surface area (Å²) < 4.78 is 23.5. The summed E-state index contributed by atoms with van der Waals surface area (Å²) in [4.78, 5) is 25.2. The van der Waals surface area contributed by atoms with E-state index in [4.69, 9.17) is 0 Å². The molecule has 0 saturated carbocycles. The zero-order valence-corrected chi connectivity index (χ0v) is 15.7. The lowest BCUT2D eigenvalue weighted by Gasteiger charge is -2.32. The highest BCUT2D eigenvalue weighted by Crippen LogP contribution is 2.23. The molecule has 0 radical (unpaired) electrons. The molecular weight excluding hydrogens is 340 g/mol. The van der Waals surface area contributed by atoms with Gasteiger partial charge in [0.1, 0.15) is 17.8 Å². The van der Waals surface area contributed by atoms with E-state index < -0.39 is 9.84 Å². The average molecular weight is 366 g/mol. The van der Waals surface area contributed by atoms with E-state index in [1.807, 2.05) is 6.92 Å². The average Bonchev–Trinajstić information content (AvgIpc) is 2.95. The van der Waals surface area contributed by atoms with Gasteiger partial charge in [-0.25, -0.2) is 18.4 Å². The zero-order valence-electron chi connectivity index (χ0n) is 14.9. The Hall–Kier alpha value is -1.70. The Kier molecular flexibility index (Phi) is 5.27. The van der Waals surface area contributed by atoms with E-state index in [-0.39, 0.29) is 23.5 Å². The Morgan fingerprint density at radius 1 is 1.36 bits per heavy atom. The van der Waals surface area contributed by atoms with Crippen molar-refractivity contribution in [2.45, 2.75) is 39.2 Å². The molecule has 25 heavy (non-hydrogen) atoms. The maximum Gasteiger partial charge on any atom is 0.272 e. The van der Waals surface area contributed by atoms with Crippen LogP contribution in [0.5, 0.6) is 0 Å². The van der Waals surface area contributed by atoms with Crippen LogP contribution in [0.25, 0.3) is 0 Å². The SMILES string of the molecule is CCN(C(=O)c1cc(N2CCCC(C)C2)ncn1)C1CCS(=O)(=O)C1. The third kappa shape index (κ3) is 4.11. The fourth-order valence-electron chi connectivity index (χ4n) is 3.77. The number of rotatable bonds is 4. The van der Waals surface area contributed by atoms with Crippen LogP contribution in [0.1, 0.15) is 43.6 Å². The van der Waals surface area contributed by atoms with Gasteiger partial charge >= 0.3 is 0 Å². The van der Waals surface area contributed by atoms with Crippen molar-refractivity contribution in [3.63, 3.8) is 0 Å². The first kappa shape index (κ1) is 18.1. The van der Waals surface area contributed by atoms with Gasteiger partial charge in [-0.3, -0.25) is 4.79 Å². The number of amides is 1. The summed E-state index contributed by atoms with van der Waals surface area (Å²) in [6, 6.07) is 1.49. The Morgan fingerprint density at radius 3 is 2.80 bits per heavy atom. The summed E-state index contributed by atoms with van der Waals surface area (Å²) in [7, 11) is -3.03. The molecule has 1 amide bonds. The number of carbonyl (C=O) groups excluding carboxylic acids is 1. The minimum absolute atomic E-state index is 0.0498. The number of aromatic nitrogens is 2. The number of hydrogen-bond acceptors (Lipinski definition) is 6. The van der Waals surface area contributed by atoms with Crippen molar-refractivity contribution in [3.05, 3.63) is 18.1 Å². The van der Waals surface area contributed by atoms with Crippen LogP contribution in [-0.2, 0) is 9.84 Å². The van der Waals surface area contributed by atoms with E-state index in [1.165, 1.54) is 12.7 Å².